The number of carbonyl (C=O) groups is 2. The fourth-order valence-corrected chi connectivity index (χ4v) is 3.84. The second-order valence-electron chi connectivity index (χ2n) is 6.13. The molecule has 23 heavy (non-hydrogen) atoms. The third-order valence-electron chi connectivity index (χ3n) is 4.83. The second kappa shape index (κ2) is 5.17. The Balaban J connectivity index is 1.91. The van der Waals surface area contributed by atoms with Gasteiger partial charge in [0.15, 0.2) is 0 Å². The van der Waals surface area contributed by atoms with Crippen molar-refractivity contribution in [2.45, 2.75) is 25.2 Å². The molecule has 0 aromatic heterocycles. The van der Waals surface area contributed by atoms with Gasteiger partial charge in [0.1, 0.15) is 5.78 Å². The van der Waals surface area contributed by atoms with Crippen molar-refractivity contribution in [3.05, 3.63) is 46.7 Å². The van der Waals surface area contributed by atoms with Gasteiger partial charge in [0, 0.05) is 36.6 Å². The summed E-state index contributed by atoms with van der Waals surface area (Å²) in [6, 6.07) is 9.34. The highest BCUT2D eigenvalue weighted by molar-refractivity contribution is 6.15. The van der Waals surface area contributed by atoms with Crippen molar-refractivity contribution in [3.63, 3.8) is 0 Å². The number of amides is 1. The van der Waals surface area contributed by atoms with Crippen LogP contribution in [0.4, 0.5) is 0 Å². The van der Waals surface area contributed by atoms with E-state index in [0.29, 0.717) is 36.9 Å². The molecule has 1 aliphatic carbocycles. The van der Waals surface area contributed by atoms with Gasteiger partial charge in [0.05, 0.1) is 23.2 Å². The van der Waals surface area contributed by atoms with Gasteiger partial charge in [-0.3, -0.25) is 14.6 Å². The van der Waals surface area contributed by atoms with Gasteiger partial charge in [-0.2, -0.15) is 5.26 Å². The summed E-state index contributed by atoms with van der Waals surface area (Å²) in [6.07, 6.45) is 1.86. The van der Waals surface area contributed by atoms with Crippen LogP contribution in [-0.4, -0.2) is 23.9 Å². The van der Waals surface area contributed by atoms with Crippen molar-refractivity contribution in [2.75, 3.05) is 6.54 Å². The molecule has 0 radical (unpaired) electrons. The number of nitrogens with one attached hydrogen (secondary N) is 1. The van der Waals surface area contributed by atoms with Crippen LogP contribution < -0.4 is 5.32 Å². The first-order valence-corrected chi connectivity index (χ1v) is 7.80. The topological polar surface area (TPSA) is 82.3 Å². The van der Waals surface area contributed by atoms with Crippen LogP contribution in [0, 0.1) is 17.2 Å². The molecule has 2 heterocycles. The van der Waals surface area contributed by atoms with Gasteiger partial charge < -0.3 is 5.32 Å². The Morgan fingerprint density at radius 2 is 2.04 bits per heavy atom. The van der Waals surface area contributed by atoms with Crippen LogP contribution in [0.3, 0.4) is 0 Å². The first-order chi connectivity index (χ1) is 11.2. The van der Waals surface area contributed by atoms with E-state index in [1.165, 1.54) is 0 Å². The molecule has 114 valence electrons. The normalized spacial score (nSPS) is 26.1. The molecule has 2 atom stereocenters. The average molecular weight is 305 g/mol. The molecular formula is C18H15N3O2. The average Bonchev–Trinajstić information content (AvgIpc) is 2.94. The van der Waals surface area contributed by atoms with Crippen LogP contribution in [0.5, 0.6) is 0 Å². The van der Waals surface area contributed by atoms with E-state index in [1.54, 1.807) is 18.2 Å². The quantitative estimate of drug-likeness (QED) is 0.859. The zero-order valence-corrected chi connectivity index (χ0v) is 12.5. The first kappa shape index (κ1) is 13.9. The van der Waals surface area contributed by atoms with Crippen molar-refractivity contribution in [3.8, 4) is 6.07 Å². The Hall–Kier alpha value is -2.74. The third kappa shape index (κ3) is 2.10. The summed E-state index contributed by atoms with van der Waals surface area (Å²) in [5.41, 5.74) is 3.70. The molecule has 3 aliphatic rings. The molecule has 0 spiro atoms. The van der Waals surface area contributed by atoms with Crippen molar-refractivity contribution in [2.24, 2.45) is 10.9 Å². The second-order valence-corrected chi connectivity index (χ2v) is 6.13. The van der Waals surface area contributed by atoms with E-state index in [9.17, 15) is 9.59 Å². The van der Waals surface area contributed by atoms with Gasteiger partial charge in [-0.1, -0.05) is 12.1 Å². The summed E-state index contributed by atoms with van der Waals surface area (Å²) in [5.74, 6) is -0.671. The maximum atomic E-state index is 12.4. The smallest absolute Gasteiger partial charge is 0.249 e. The summed E-state index contributed by atoms with van der Waals surface area (Å²) in [5, 5.41) is 12.0. The summed E-state index contributed by atoms with van der Waals surface area (Å²) in [4.78, 5) is 29.5. The van der Waals surface area contributed by atoms with Crippen LogP contribution in [0.25, 0.3) is 0 Å². The minimum absolute atomic E-state index is 0.138. The molecule has 1 aromatic carbocycles. The lowest BCUT2D eigenvalue weighted by Gasteiger charge is -2.33. The van der Waals surface area contributed by atoms with Gasteiger partial charge in [0.25, 0.3) is 0 Å². The standard InChI is InChI=1S/C18H15N3O2/c19-9-10-2-1-3-11(8-10)15-16-12(4-5-14(16)22)21-13-6-7-20-18(23)17(13)15/h1-3,8,15-16H,4-7H2,(H,20,23). The SMILES string of the molecule is N#Cc1cccc(C2C3=C(CCNC3=O)N=C3CCC(=O)C32)c1. The zero-order chi connectivity index (χ0) is 16.0. The Bertz CT molecular complexity index is 829. The number of carbonyl (C=O) groups excluding carboxylic acids is 2. The van der Waals surface area contributed by atoms with E-state index in [2.05, 4.69) is 16.4 Å². The maximum absolute atomic E-state index is 12.4. The van der Waals surface area contributed by atoms with E-state index in [4.69, 9.17) is 5.26 Å². The number of nitrogens with zero attached hydrogens (tertiary/aromatic N) is 2. The Morgan fingerprint density at radius 3 is 2.87 bits per heavy atom. The van der Waals surface area contributed by atoms with Crippen LogP contribution in [-0.2, 0) is 9.59 Å². The number of ketones is 1. The number of hydrogen-bond donors (Lipinski definition) is 1. The zero-order valence-electron chi connectivity index (χ0n) is 12.5. The predicted octanol–water partition coefficient (Wildman–Crippen LogP) is 1.85. The van der Waals surface area contributed by atoms with E-state index in [0.717, 1.165) is 17.0 Å². The molecule has 1 amide bonds. The fourth-order valence-electron chi connectivity index (χ4n) is 3.84. The molecule has 1 saturated carbocycles. The van der Waals surface area contributed by atoms with Crippen LogP contribution in [0.2, 0.25) is 0 Å². The highest BCUT2D eigenvalue weighted by Crippen LogP contribution is 2.44. The summed E-state index contributed by atoms with van der Waals surface area (Å²) >= 11 is 0. The van der Waals surface area contributed by atoms with E-state index in [1.807, 2.05) is 6.07 Å². The monoisotopic (exact) mass is 305 g/mol. The number of benzene rings is 1. The Labute approximate surface area is 133 Å². The molecule has 2 unspecified atom stereocenters. The molecule has 1 fully saturated rings. The van der Waals surface area contributed by atoms with Crippen LogP contribution in [0.15, 0.2) is 40.5 Å². The van der Waals surface area contributed by atoms with Gasteiger partial charge in [-0.15, -0.1) is 0 Å². The number of rotatable bonds is 1. The van der Waals surface area contributed by atoms with Crippen molar-refractivity contribution >= 4 is 17.4 Å². The molecule has 0 saturated heterocycles. The van der Waals surface area contributed by atoms with Gasteiger partial charge in [-0.05, 0) is 24.1 Å². The molecule has 5 nitrogen and oxygen atoms in total. The third-order valence-corrected chi connectivity index (χ3v) is 4.83. The minimum Gasteiger partial charge on any atom is -0.352 e. The fraction of sp³-hybridized carbons (Fsp3) is 0.333. The minimum atomic E-state index is -0.355. The van der Waals surface area contributed by atoms with E-state index >= 15 is 0 Å². The molecule has 5 heteroatoms. The Morgan fingerprint density at radius 1 is 1.17 bits per heavy atom. The maximum Gasteiger partial charge on any atom is 0.249 e. The first-order valence-electron chi connectivity index (χ1n) is 7.80. The largest absolute Gasteiger partial charge is 0.352 e. The molecule has 1 N–H and O–H groups in total. The number of fused-ring (bicyclic) bond motifs is 1. The number of Topliss-reactive ketones (excluding diaryl/α,β-unsaturated/α-hetero) is 1. The van der Waals surface area contributed by atoms with E-state index < -0.39 is 0 Å². The number of nitriles is 1. The number of aliphatic imine (C=N–C) groups is 1. The van der Waals surface area contributed by atoms with Crippen molar-refractivity contribution < 1.29 is 9.59 Å². The lowest BCUT2D eigenvalue weighted by atomic mass is 9.74. The van der Waals surface area contributed by atoms with Crippen LogP contribution >= 0.6 is 0 Å². The van der Waals surface area contributed by atoms with Gasteiger partial charge in [0.2, 0.25) is 5.91 Å². The summed E-state index contributed by atoms with van der Waals surface area (Å²) < 4.78 is 0. The highest BCUT2D eigenvalue weighted by atomic mass is 16.2. The molecule has 2 aliphatic heterocycles. The van der Waals surface area contributed by atoms with Gasteiger partial charge >= 0.3 is 0 Å². The van der Waals surface area contributed by atoms with E-state index in [-0.39, 0.29) is 23.5 Å². The summed E-state index contributed by atoms with van der Waals surface area (Å²) in [7, 11) is 0. The molecule has 4 rings (SSSR count). The Kier molecular flexibility index (Phi) is 3.12. The summed E-state index contributed by atoms with van der Waals surface area (Å²) in [6.45, 7) is 0.581. The molecule has 0 bridgehead atoms. The van der Waals surface area contributed by atoms with Crippen molar-refractivity contribution in [1.82, 2.24) is 5.32 Å². The lowest BCUT2D eigenvalue weighted by Crippen LogP contribution is -2.40. The highest BCUT2D eigenvalue weighted by Gasteiger charge is 2.46. The molecule has 1 aromatic rings. The molecular weight excluding hydrogens is 290 g/mol. The predicted molar refractivity (Wildman–Crippen MR) is 83.7 cm³/mol. The van der Waals surface area contributed by atoms with Crippen LogP contribution in [0.1, 0.15) is 36.3 Å². The van der Waals surface area contributed by atoms with Gasteiger partial charge in [-0.25, -0.2) is 0 Å². The number of hydrogen-bond acceptors (Lipinski definition) is 4. The van der Waals surface area contributed by atoms with Crippen molar-refractivity contribution in [1.29, 1.82) is 5.26 Å². The lowest BCUT2D eigenvalue weighted by molar-refractivity contribution is -0.120.